The quantitative estimate of drug-likeness (QED) is 0.656. The number of halogens is 1. The number of piperidine rings is 1. The topological polar surface area (TPSA) is 85.1 Å². The van der Waals surface area contributed by atoms with Gasteiger partial charge in [-0.25, -0.2) is 4.98 Å². The van der Waals surface area contributed by atoms with Crippen LogP contribution in [0.25, 0.3) is 0 Å². The molecular formula is C23H28ClN3O5. The highest BCUT2D eigenvalue weighted by molar-refractivity contribution is 6.30. The molecule has 0 spiro atoms. The molecule has 8 nitrogen and oxygen atoms in total. The minimum absolute atomic E-state index is 0.0644. The Morgan fingerprint density at radius 2 is 2.03 bits per heavy atom. The van der Waals surface area contributed by atoms with E-state index in [0.29, 0.717) is 69.1 Å². The van der Waals surface area contributed by atoms with E-state index in [0.717, 1.165) is 12.8 Å². The van der Waals surface area contributed by atoms with Gasteiger partial charge in [0.2, 0.25) is 5.91 Å². The number of ether oxygens (including phenoxy) is 2. The molecular weight excluding hydrogens is 434 g/mol. The van der Waals surface area contributed by atoms with Crippen molar-refractivity contribution in [1.82, 2.24) is 14.8 Å². The van der Waals surface area contributed by atoms with Gasteiger partial charge in [0.05, 0.1) is 19.8 Å². The van der Waals surface area contributed by atoms with Crippen molar-refractivity contribution in [2.45, 2.75) is 26.2 Å². The molecule has 1 aromatic carbocycles. The summed E-state index contributed by atoms with van der Waals surface area (Å²) in [5.74, 6) is 0.969. The van der Waals surface area contributed by atoms with Crippen molar-refractivity contribution in [3.05, 3.63) is 47.1 Å². The summed E-state index contributed by atoms with van der Waals surface area (Å²) in [4.78, 5) is 34.0. The monoisotopic (exact) mass is 461 g/mol. The number of amides is 2. The van der Waals surface area contributed by atoms with Gasteiger partial charge in [-0.05, 0) is 31.0 Å². The van der Waals surface area contributed by atoms with Crippen molar-refractivity contribution in [3.63, 3.8) is 0 Å². The Bertz CT molecular complexity index is 959. The number of nitrogens with zero attached hydrogens (tertiary/aromatic N) is 3. The van der Waals surface area contributed by atoms with Crippen molar-refractivity contribution >= 4 is 23.4 Å². The highest BCUT2D eigenvalue weighted by atomic mass is 35.5. The number of rotatable bonds is 6. The van der Waals surface area contributed by atoms with Crippen LogP contribution in [0.3, 0.4) is 0 Å². The number of hydrogen-bond acceptors (Lipinski definition) is 6. The van der Waals surface area contributed by atoms with Gasteiger partial charge >= 0.3 is 0 Å². The maximum Gasteiger partial charge on any atom is 0.275 e. The number of carbonyl (C=O) groups excluding carboxylic acids is 2. The zero-order valence-corrected chi connectivity index (χ0v) is 19.0. The van der Waals surface area contributed by atoms with E-state index in [-0.39, 0.29) is 17.5 Å². The van der Waals surface area contributed by atoms with Crippen molar-refractivity contribution in [1.29, 1.82) is 0 Å². The highest BCUT2D eigenvalue weighted by Crippen LogP contribution is 2.36. The van der Waals surface area contributed by atoms with E-state index in [1.54, 1.807) is 24.0 Å². The molecule has 0 bridgehead atoms. The molecule has 0 radical (unpaired) electrons. The number of oxazole rings is 1. The molecule has 2 amide bonds. The average Bonchev–Trinajstić information content (AvgIpc) is 3.24. The number of likely N-dealkylation sites (tertiary alicyclic amines) is 1. The molecule has 2 fully saturated rings. The summed E-state index contributed by atoms with van der Waals surface area (Å²) in [5, 5.41) is 0.586. The number of morpholine rings is 1. The number of hydrogen-bond donors (Lipinski definition) is 0. The Hall–Kier alpha value is -2.58. The van der Waals surface area contributed by atoms with Crippen molar-refractivity contribution in [2.24, 2.45) is 5.41 Å². The summed E-state index contributed by atoms with van der Waals surface area (Å²) in [6, 6.07) is 7.20. The van der Waals surface area contributed by atoms with E-state index in [2.05, 4.69) is 4.98 Å². The van der Waals surface area contributed by atoms with Gasteiger partial charge in [0.1, 0.15) is 12.0 Å². The van der Waals surface area contributed by atoms with Crippen LogP contribution in [0.15, 0.2) is 34.9 Å². The molecule has 32 heavy (non-hydrogen) atoms. The fourth-order valence-electron chi connectivity index (χ4n) is 4.36. The van der Waals surface area contributed by atoms with E-state index in [1.807, 2.05) is 17.0 Å². The van der Waals surface area contributed by atoms with Gasteiger partial charge in [-0.15, -0.1) is 0 Å². The fourth-order valence-corrected chi connectivity index (χ4v) is 4.54. The van der Waals surface area contributed by atoms with Crippen molar-refractivity contribution < 1.29 is 23.5 Å². The van der Waals surface area contributed by atoms with Gasteiger partial charge in [-0.1, -0.05) is 17.7 Å². The van der Waals surface area contributed by atoms with Gasteiger partial charge in [0.25, 0.3) is 5.91 Å². The maximum atomic E-state index is 13.1. The normalized spacial score (nSPS) is 21.4. The highest BCUT2D eigenvalue weighted by Gasteiger charge is 2.41. The Morgan fingerprint density at radius 1 is 1.22 bits per heavy atom. The molecule has 9 heteroatoms. The number of aryl methyl sites for hydroxylation is 1. The third-order valence-electron chi connectivity index (χ3n) is 6.02. The summed E-state index contributed by atoms with van der Waals surface area (Å²) in [6.45, 7) is 5.31. The second-order valence-electron chi connectivity index (χ2n) is 8.50. The summed E-state index contributed by atoms with van der Waals surface area (Å²) >= 11 is 6.10. The van der Waals surface area contributed by atoms with Gasteiger partial charge in [0, 0.05) is 50.0 Å². The van der Waals surface area contributed by atoms with Crippen LogP contribution in [-0.4, -0.2) is 72.6 Å². The molecule has 2 aromatic rings. The summed E-state index contributed by atoms with van der Waals surface area (Å²) < 4.78 is 16.7. The fraction of sp³-hybridized carbons (Fsp3) is 0.522. The lowest BCUT2D eigenvalue weighted by Crippen LogP contribution is -2.52. The smallest absolute Gasteiger partial charge is 0.275 e. The van der Waals surface area contributed by atoms with Gasteiger partial charge in [0.15, 0.2) is 11.6 Å². The molecule has 0 N–H and O–H groups in total. The molecule has 4 rings (SSSR count). The molecule has 2 aliphatic heterocycles. The Labute approximate surface area is 192 Å². The second kappa shape index (κ2) is 9.92. The zero-order chi connectivity index (χ0) is 22.6. The molecule has 0 aliphatic carbocycles. The molecule has 0 saturated carbocycles. The SMILES string of the molecule is Cc1nc(C(=O)N2CCCC(COc3cccc(Cl)c3)(CC(=O)N3CCOCC3)C2)co1. The Morgan fingerprint density at radius 3 is 2.75 bits per heavy atom. The summed E-state index contributed by atoms with van der Waals surface area (Å²) in [7, 11) is 0. The lowest BCUT2D eigenvalue weighted by molar-refractivity contribution is -0.139. The van der Waals surface area contributed by atoms with Crippen LogP contribution in [0.1, 0.15) is 35.6 Å². The first-order chi connectivity index (χ1) is 15.4. The molecule has 172 valence electrons. The standard InChI is InChI=1S/C23H28ClN3O5/c1-17-25-20(14-31-17)22(29)27-7-3-6-23(15-27,13-21(28)26-8-10-30-11-9-26)16-32-19-5-2-4-18(24)12-19/h2,4-5,12,14H,3,6-11,13,15-16H2,1H3. The first kappa shape index (κ1) is 22.6. The molecule has 3 heterocycles. The molecule has 2 saturated heterocycles. The lowest BCUT2D eigenvalue weighted by Gasteiger charge is -2.43. The third-order valence-corrected chi connectivity index (χ3v) is 6.25. The number of carbonyl (C=O) groups is 2. The van der Waals surface area contributed by atoms with Gasteiger partial charge < -0.3 is 23.7 Å². The Balaban J connectivity index is 1.52. The van der Waals surface area contributed by atoms with Gasteiger partial charge in [-0.3, -0.25) is 9.59 Å². The Kier molecular flexibility index (Phi) is 7.01. The lowest BCUT2D eigenvalue weighted by atomic mass is 9.77. The van der Waals surface area contributed by atoms with Gasteiger partial charge in [-0.2, -0.15) is 0 Å². The van der Waals surface area contributed by atoms with Crippen LogP contribution < -0.4 is 4.74 Å². The van der Waals surface area contributed by atoms with E-state index in [9.17, 15) is 9.59 Å². The molecule has 1 unspecified atom stereocenters. The average molecular weight is 462 g/mol. The number of aromatic nitrogens is 1. The predicted octanol–water partition coefficient (Wildman–Crippen LogP) is 3.19. The van der Waals surface area contributed by atoms with Crippen molar-refractivity contribution in [2.75, 3.05) is 46.0 Å². The first-order valence-electron chi connectivity index (χ1n) is 10.9. The molecule has 1 atom stereocenters. The van der Waals surface area contributed by atoms with E-state index >= 15 is 0 Å². The van der Waals surface area contributed by atoms with Crippen LogP contribution in [0.5, 0.6) is 5.75 Å². The van der Waals surface area contributed by atoms with Crippen LogP contribution >= 0.6 is 11.6 Å². The van der Waals surface area contributed by atoms with Crippen LogP contribution in [0.2, 0.25) is 5.02 Å². The van der Waals surface area contributed by atoms with Crippen molar-refractivity contribution in [3.8, 4) is 5.75 Å². The second-order valence-corrected chi connectivity index (χ2v) is 8.93. The van der Waals surface area contributed by atoms with Crippen LogP contribution in [-0.2, 0) is 9.53 Å². The minimum Gasteiger partial charge on any atom is -0.493 e. The minimum atomic E-state index is -0.510. The largest absolute Gasteiger partial charge is 0.493 e. The third kappa shape index (κ3) is 5.42. The van der Waals surface area contributed by atoms with E-state index < -0.39 is 5.41 Å². The summed E-state index contributed by atoms with van der Waals surface area (Å²) in [5.41, 5.74) is -0.224. The number of benzene rings is 1. The predicted molar refractivity (Wildman–Crippen MR) is 118 cm³/mol. The van der Waals surface area contributed by atoms with Crippen LogP contribution in [0, 0.1) is 12.3 Å². The molecule has 2 aliphatic rings. The maximum absolute atomic E-state index is 13.1. The first-order valence-corrected chi connectivity index (χ1v) is 11.3. The van der Waals surface area contributed by atoms with E-state index in [1.165, 1.54) is 6.26 Å². The zero-order valence-electron chi connectivity index (χ0n) is 18.2. The van der Waals surface area contributed by atoms with Crippen LogP contribution in [0.4, 0.5) is 0 Å². The summed E-state index contributed by atoms with van der Waals surface area (Å²) in [6.07, 6.45) is 3.24. The van der Waals surface area contributed by atoms with E-state index in [4.69, 9.17) is 25.5 Å². The molecule has 1 aromatic heterocycles.